The average Bonchev–Trinajstić information content (AvgIpc) is 3.22. The molecule has 61 heavy (non-hydrogen) atoms. The van der Waals surface area contributed by atoms with Crippen LogP contribution >= 0.6 is 0 Å². The predicted molar refractivity (Wildman–Crippen MR) is 257 cm³/mol. The summed E-state index contributed by atoms with van der Waals surface area (Å²) in [5, 5.41) is 9.65. The number of esters is 2. The minimum Gasteiger partial charge on any atom is -0.477 e. The largest absolute Gasteiger partial charge is 0.477 e. The number of nitrogens with zero attached hydrogens (tertiary/aromatic N) is 1. The van der Waals surface area contributed by atoms with Crippen molar-refractivity contribution in [1.29, 1.82) is 0 Å². The lowest BCUT2D eigenvalue weighted by Gasteiger charge is -2.31. The Kier molecular flexibility index (Phi) is 42.4. The molecule has 0 radical (unpaired) electrons. The molecule has 0 aromatic heterocycles. The van der Waals surface area contributed by atoms with Crippen molar-refractivity contribution in [3.05, 3.63) is 36.5 Å². The van der Waals surface area contributed by atoms with E-state index in [4.69, 9.17) is 14.2 Å². The van der Waals surface area contributed by atoms with Gasteiger partial charge in [-0.25, -0.2) is 4.79 Å². The number of aliphatic carboxylic acids is 1. The number of rotatable bonds is 46. The van der Waals surface area contributed by atoms with Crippen molar-refractivity contribution >= 4 is 17.9 Å². The lowest BCUT2D eigenvalue weighted by molar-refractivity contribution is -0.887. The minimum atomic E-state index is -0.873. The van der Waals surface area contributed by atoms with Crippen LogP contribution in [-0.2, 0) is 28.6 Å². The zero-order chi connectivity index (χ0) is 44.9. The SMILES string of the molecule is CC/C=C/C/C=C/C/C=C/CCCCCCCCCCCCC(=O)OC(COCCC(C(=O)O)[N+](C)(C)C)COC(=O)CCCCCCCCCCCCCCCCCCC. The van der Waals surface area contributed by atoms with E-state index in [0.717, 1.165) is 57.8 Å². The summed E-state index contributed by atoms with van der Waals surface area (Å²) >= 11 is 0. The van der Waals surface area contributed by atoms with Gasteiger partial charge < -0.3 is 23.8 Å². The van der Waals surface area contributed by atoms with Gasteiger partial charge in [0.15, 0.2) is 12.1 Å². The molecule has 8 nitrogen and oxygen atoms in total. The third-order valence-corrected chi connectivity index (χ3v) is 11.6. The number of ether oxygens (including phenoxy) is 3. The number of carboxylic acids is 1. The molecule has 1 N–H and O–H groups in total. The molecule has 0 rings (SSSR count). The summed E-state index contributed by atoms with van der Waals surface area (Å²) in [6.07, 6.45) is 51.9. The van der Waals surface area contributed by atoms with Crippen LogP contribution in [0.3, 0.4) is 0 Å². The van der Waals surface area contributed by atoms with Crippen LogP contribution in [0.1, 0.15) is 232 Å². The van der Waals surface area contributed by atoms with E-state index in [0.29, 0.717) is 19.3 Å². The van der Waals surface area contributed by atoms with Crippen molar-refractivity contribution in [3.8, 4) is 0 Å². The first-order chi connectivity index (χ1) is 29.6. The summed E-state index contributed by atoms with van der Waals surface area (Å²) < 4.78 is 17.4. The van der Waals surface area contributed by atoms with Crippen LogP contribution in [0.15, 0.2) is 36.5 Å². The number of unbranched alkanes of at least 4 members (excludes halogenated alkanes) is 26. The quantitative estimate of drug-likeness (QED) is 0.0282. The second-order valence-electron chi connectivity index (χ2n) is 18.4. The predicted octanol–water partition coefficient (Wildman–Crippen LogP) is 14.6. The Hall–Kier alpha value is -2.45. The number of carboxylic acid groups (broad SMARTS) is 1. The van der Waals surface area contributed by atoms with Crippen LogP contribution in [0.25, 0.3) is 0 Å². The van der Waals surface area contributed by atoms with Gasteiger partial charge in [0.2, 0.25) is 0 Å². The molecular weight excluding hydrogens is 763 g/mol. The molecule has 8 heteroatoms. The number of carbonyl (C=O) groups excluding carboxylic acids is 2. The normalized spacial score (nSPS) is 13.1. The van der Waals surface area contributed by atoms with E-state index in [1.807, 2.05) is 21.1 Å². The van der Waals surface area contributed by atoms with Crippen LogP contribution < -0.4 is 0 Å². The van der Waals surface area contributed by atoms with Gasteiger partial charge in [0.25, 0.3) is 0 Å². The topological polar surface area (TPSA) is 99.1 Å². The van der Waals surface area contributed by atoms with Crippen molar-refractivity contribution in [1.82, 2.24) is 0 Å². The molecule has 0 fully saturated rings. The molecule has 0 aliphatic heterocycles. The van der Waals surface area contributed by atoms with Gasteiger partial charge in [-0.15, -0.1) is 0 Å². The summed E-state index contributed by atoms with van der Waals surface area (Å²) in [6, 6.07) is -0.614. The first-order valence-corrected chi connectivity index (χ1v) is 25.5. The van der Waals surface area contributed by atoms with Gasteiger partial charge in [0.1, 0.15) is 6.61 Å². The highest BCUT2D eigenvalue weighted by molar-refractivity contribution is 5.72. The summed E-state index contributed by atoms with van der Waals surface area (Å²) in [5.41, 5.74) is 0. The average molecular weight is 861 g/mol. The third kappa shape index (κ3) is 42.6. The molecule has 0 aromatic rings. The highest BCUT2D eigenvalue weighted by Crippen LogP contribution is 2.16. The van der Waals surface area contributed by atoms with Gasteiger partial charge in [-0.2, -0.15) is 0 Å². The summed E-state index contributed by atoms with van der Waals surface area (Å²) in [5.74, 6) is -1.46. The molecule has 0 saturated heterocycles. The molecule has 0 heterocycles. The van der Waals surface area contributed by atoms with Crippen molar-refractivity contribution in [2.75, 3.05) is 41.0 Å². The lowest BCUT2D eigenvalue weighted by Crippen LogP contribution is -2.50. The van der Waals surface area contributed by atoms with Gasteiger partial charge in [-0.3, -0.25) is 9.59 Å². The molecule has 0 amide bonds. The van der Waals surface area contributed by atoms with Crippen LogP contribution in [0.5, 0.6) is 0 Å². The highest BCUT2D eigenvalue weighted by atomic mass is 16.6. The van der Waals surface area contributed by atoms with Crippen molar-refractivity contribution in [2.24, 2.45) is 0 Å². The second-order valence-corrected chi connectivity index (χ2v) is 18.4. The Bertz CT molecular complexity index is 1090. The molecule has 0 aliphatic rings. The third-order valence-electron chi connectivity index (χ3n) is 11.6. The van der Waals surface area contributed by atoms with Crippen LogP contribution in [-0.4, -0.2) is 80.6 Å². The first-order valence-electron chi connectivity index (χ1n) is 25.5. The molecule has 0 aliphatic carbocycles. The zero-order valence-corrected chi connectivity index (χ0v) is 40.6. The van der Waals surface area contributed by atoms with E-state index >= 15 is 0 Å². The fraction of sp³-hybridized carbons (Fsp3) is 0.830. The van der Waals surface area contributed by atoms with Crippen molar-refractivity contribution < 1.29 is 38.2 Å². The summed E-state index contributed by atoms with van der Waals surface area (Å²) in [7, 11) is 5.54. The van der Waals surface area contributed by atoms with Crippen molar-refractivity contribution in [3.63, 3.8) is 0 Å². The van der Waals surface area contributed by atoms with E-state index in [1.165, 1.54) is 141 Å². The Balaban J connectivity index is 4.23. The first kappa shape index (κ1) is 58.6. The number of allylic oxidation sites excluding steroid dienone is 6. The Morgan fingerprint density at radius 3 is 1.36 bits per heavy atom. The maximum Gasteiger partial charge on any atom is 0.362 e. The van der Waals surface area contributed by atoms with Gasteiger partial charge in [0, 0.05) is 19.3 Å². The Morgan fingerprint density at radius 1 is 0.508 bits per heavy atom. The van der Waals surface area contributed by atoms with E-state index in [9.17, 15) is 19.5 Å². The number of hydrogen-bond donors (Lipinski definition) is 1. The fourth-order valence-corrected chi connectivity index (χ4v) is 7.64. The van der Waals surface area contributed by atoms with Crippen LogP contribution in [0, 0.1) is 0 Å². The highest BCUT2D eigenvalue weighted by Gasteiger charge is 2.31. The molecule has 0 spiro atoms. The molecule has 0 bridgehead atoms. The summed E-state index contributed by atoms with van der Waals surface area (Å²) in [4.78, 5) is 37.1. The van der Waals surface area contributed by atoms with Gasteiger partial charge >= 0.3 is 17.9 Å². The van der Waals surface area contributed by atoms with Crippen LogP contribution in [0.4, 0.5) is 0 Å². The van der Waals surface area contributed by atoms with E-state index < -0.39 is 18.1 Å². The monoisotopic (exact) mass is 861 g/mol. The van der Waals surface area contributed by atoms with E-state index in [-0.39, 0.29) is 36.2 Å². The molecule has 2 unspecified atom stereocenters. The molecule has 0 aromatic carbocycles. The Morgan fingerprint density at radius 2 is 0.918 bits per heavy atom. The second kappa shape index (κ2) is 44.2. The van der Waals surface area contributed by atoms with E-state index in [2.05, 4.69) is 50.3 Å². The van der Waals surface area contributed by atoms with E-state index in [1.54, 1.807) is 0 Å². The van der Waals surface area contributed by atoms with Gasteiger partial charge in [-0.05, 0) is 44.9 Å². The zero-order valence-electron chi connectivity index (χ0n) is 40.6. The molecule has 2 atom stereocenters. The minimum absolute atomic E-state index is 0.0487. The van der Waals surface area contributed by atoms with Gasteiger partial charge in [0.05, 0.1) is 34.4 Å². The number of likely N-dealkylation sites (N-methyl/N-ethyl adjacent to an activating group) is 1. The number of hydrogen-bond acceptors (Lipinski definition) is 6. The van der Waals surface area contributed by atoms with Crippen molar-refractivity contribution in [2.45, 2.75) is 244 Å². The maximum atomic E-state index is 12.8. The Labute approximate surface area is 376 Å². The number of carbonyl (C=O) groups is 3. The lowest BCUT2D eigenvalue weighted by atomic mass is 10.0. The molecule has 356 valence electrons. The standard InChI is InChI=1S/C53H97NO7/c1-6-8-10-12-14-16-18-20-22-24-25-26-28-30-32-34-36-38-40-42-44-52(56)61-49(47-59-46-45-50(53(57)58)54(3,4)5)48-60-51(55)43-41-39-37-35-33-31-29-27-23-21-19-17-15-13-11-9-7-2/h8,10,14,16,20,22,49-50H,6-7,9,11-13,15,17-19,21,23-48H2,1-5H3/p+1/b10-8+,16-14+,22-20+. The van der Waals surface area contributed by atoms with Gasteiger partial charge in [-0.1, -0.05) is 204 Å². The molecular formula is C53H98NO7+. The number of quaternary nitrogens is 1. The fourth-order valence-electron chi connectivity index (χ4n) is 7.64. The summed E-state index contributed by atoms with van der Waals surface area (Å²) in [6.45, 7) is 4.66. The van der Waals surface area contributed by atoms with Crippen LogP contribution in [0.2, 0.25) is 0 Å². The molecule has 0 saturated carbocycles. The maximum absolute atomic E-state index is 12.8. The smallest absolute Gasteiger partial charge is 0.362 e.